The second-order valence-corrected chi connectivity index (χ2v) is 9.19. The van der Waals surface area contributed by atoms with Crippen LogP contribution in [0.5, 0.6) is 0 Å². The van der Waals surface area contributed by atoms with Crippen LogP contribution in [0.3, 0.4) is 0 Å². The molecule has 1 aliphatic heterocycles. The van der Waals surface area contributed by atoms with E-state index in [-0.39, 0.29) is 0 Å². The van der Waals surface area contributed by atoms with Crippen LogP contribution in [-0.2, 0) is 23.0 Å². The van der Waals surface area contributed by atoms with Gasteiger partial charge in [-0.1, -0.05) is 31.5 Å². The quantitative estimate of drug-likeness (QED) is 0.641. The van der Waals surface area contributed by atoms with Gasteiger partial charge in [-0.15, -0.1) is 0 Å². The van der Waals surface area contributed by atoms with Crippen molar-refractivity contribution in [3.05, 3.63) is 66.1 Å². The largest absolute Gasteiger partial charge is 0.303 e. The Morgan fingerprint density at radius 1 is 1.00 bits per heavy atom. The van der Waals surface area contributed by atoms with Crippen LogP contribution in [-0.4, -0.2) is 53.2 Å². The lowest BCUT2D eigenvalue weighted by molar-refractivity contribution is 0.179. The van der Waals surface area contributed by atoms with E-state index in [1.165, 1.54) is 5.56 Å². The maximum atomic E-state index is 12.9. The third-order valence-corrected chi connectivity index (χ3v) is 7.22. The first-order valence-electron chi connectivity index (χ1n) is 9.80. The average Bonchev–Trinajstić information content (AvgIpc) is 3.12. The van der Waals surface area contributed by atoms with Crippen molar-refractivity contribution in [3.63, 3.8) is 0 Å². The van der Waals surface area contributed by atoms with Crippen LogP contribution in [0.2, 0.25) is 0 Å². The van der Waals surface area contributed by atoms with Gasteiger partial charge in [-0.2, -0.15) is 4.31 Å². The highest BCUT2D eigenvalue weighted by molar-refractivity contribution is 7.89. The van der Waals surface area contributed by atoms with Crippen molar-refractivity contribution >= 4 is 15.7 Å². The van der Waals surface area contributed by atoms with Crippen molar-refractivity contribution in [1.29, 1.82) is 0 Å². The molecular weight excluding hydrogens is 372 g/mol. The lowest BCUT2D eigenvalue weighted by Gasteiger charge is -2.33. The lowest BCUT2D eigenvalue weighted by Crippen LogP contribution is -2.48. The smallest absolute Gasteiger partial charge is 0.243 e. The van der Waals surface area contributed by atoms with Gasteiger partial charge in [0.2, 0.25) is 10.0 Å². The lowest BCUT2D eigenvalue weighted by atomic mass is 10.1. The monoisotopic (exact) mass is 398 g/mol. The number of sulfonamides is 1. The van der Waals surface area contributed by atoms with Gasteiger partial charge < -0.3 is 4.40 Å². The number of imidazole rings is 1. The molecule has 0 spiro atoms. The third-order valence-electron chi connectivity index (χ3n) is 5.31. The van der Waals surface area contributed by atoms with Crippen molar-refractivity contribution in [2.45, 2.75) is 31.2 Å². The van der Waals surface area contributed by atoms with Gasteiger partial charge in [-0.25, -0.2) is 13.4 Å². The van der Waals surface area contributed by atoms with Crippen molar-refractivity contribution in [1.82, 2.24) is 18.6 Å². The Kier molecular flexibility index (Phi) is 5.48. The Hall–Kier alpha value is -2.22. The summed E-state index contributed by atoms with van der Waals surface area (Å²) in [6.07, 6.45) is 5.94. The van der Waals surface area contributed by atoms with E-state index in [2.05, 4.69) is 21.2 Å². The number of hydrogen-bond acceptors (Lipinski definition) is 4. The minimum absolute atomic E-state index is 0.391. The van der Waals surface area contributed by atoms with E-state index in [0.29, 0.717) is 31.1 Å². The summed E-state index contributed by atoms with van der Waals surface area (Å²) in [7, 11) is -3.42. The molecule has 0 atom stereocenters. The van der Waals surface area contributed by atoms with Gasteiger partial charge in [-0.05, 0) is 36.2 Å². The molecule has 0 N–H and O–H groups in total. The Labute approximate surface area is 166 Å². The Balaban J connectivity index is 1.40. The third kappa shape index (κ3) is 3.83. The predicted molar refractivity (Wildman–Crippen MR) is 110 cm³/mol. The van der Waals surface area contributed by atoms with E-state index in [1.807, 2.05) is 42.7 Å². The average molecular weight is 399 g/mol. The summed E-state index contributed by atoms with van der Waals surface area (Å²) in [6, 6.07) is 13.3. The first-order valence-corrected chi connectivity index (χ1v) is 11.2. The molecule has 0 aliphatic carbocycles. The maximum absolute atomic E-state index is 12.9. The zero-order valence-electron chi connectivity index (χ0n) is 16.2. The van der Waals surface area contributed by atoms with E-state index in [4.69, 9.17) is 0 Å². The molecule has 1 saturated heterocycles. The van der Waals surface area contributed by atoms with Gasteiger partial charge in [-0.3, -0.25) is 4.90 Å². The van der Waals surface area contributed by atoms with Crippen molar-refractivity contribution in [2.24, 2.45) is 0 Å². The second-order valence-electron chi connectivity index (χ2n) is 7.25. The molecule has 4 rings (SSSR count). The number of aromatic nitrogens is 2. The Bertz CT molecular complexity index is 1040. The number of piperazine rings is 1. The van der Waals surface area contributed by atoms with Gasteiger partial charge in [0.1, 0.15) is 5.65 Å². The van der Waals surface area contributed by atoms with E-state index < -0.39 is 10.0 Å². The number of benzene rings is 1. The number of hydrogen-bond donors (Lipinski definition) is 0. The van der Waals surface area contributed by atoms with E-state index >= 15 is 0 Å². The summed E-state index contributed by atoms with van der Waals surface area (Å²) in [6.45, 7) is 5.34. The van der Waals surface area contributed by atoms with Crippen LogP contribution in [0, 0.1) is 0 Å². The number of aryl methyl sites for hydroxylation is 1. The first-order chi connectivity index (χ1) is 13.6. The summed E-state index contributed by atoms with van der Waals surface area (Å²) < 4.78 is 29.6. The molecule has 3 aromatic rings. The molecule has 7 heteroatoms. The van der Waals surface area contributed by atoms with E-state index in [1.54, 1.807) is 16.4 Å². The first kappa shape index (κ1) is 19.1. The zero-order valence-corrected chi connectivity index (χ0v) is 17.0. The Morgan fingerprint density at radius 3 is 2.46 bits per heavy atom. The van der Waals surface area contributed by atoms with Crippen LogP contribution in [0.1, 0.15) is 24.6 Å². The number of fused-ring (bicyclic) bond motifs is 1. The number of pyridine rings is 1. The topological polar surface area (TPSA) is 57.9 Å². The predicted octanol–water partition coefficient (Wildman–Crippen LogP) is 2.79. The summed E-state index contributed by atoms with van der Waals surface area (Å²) >= 11 is 0. The molecule has 1 fully saturated rings. The molecule has 6 nitrogen and oxygen atoms in total. The maximum Gasteiger partial charge on any atom is 0.243 e. The van der Waals surface area contributed by atoms with Crippen LogP contribution in [0.25, 0.3) is 5.65 Å². The fraction of sp³-hybridized carbons (Fsp3) is 0.381. The van der Waals surface area contributed by atoms with Crippen LogP contribution in [0.15, 0.2) is 59.8 Å². The molecule has 0 amide bonds. The molecule has 2 aromatic heterocycles. The molecule has 3 heterocycles. The van der Waals surface area contributed by atoms with Crippen LogP contribution in [0.4, 0.5) is 0 Å². The standard InChI is InChI=1S/C21H26N4O2S/c1-2-5-18-7-9-20(10-8-18)28(26,27)24-14-12-23(13-15-24)17-19-16-22-21-6-3-4-11-25(19)21/h3-4,6-11,16H,2,5,12-15,17H2,1H3. The molecule has 0 unspecified atom stereocenters. The fourth-order valence-electron chi connectivity index (χ4n) is 3.72. The highest BCUT2D eigenvalue weighted by Crippen LogP contribution is 2.20. The molecule has 1 aromatic carbocycles. The summed E-state index contributed by atoms with van der Waals surface area (Å²) in [5.74, 6) is 0. The molecule has 0 bridgehead atoms. The van der Waals surface area contributed by atoms with Crippen molar-refractivity contribution in [2.75, 3.05) is 26.2 Å². The molecular formula is C21H26N4O2S. The van der Waals surface area contributed by atoms with Gasteiger partial charge in [0.25, 0.3) is 0 Å². The molecule has 0 radical (unpaired) electrons. The second kappa shape index (κ2) is 8.03. The minimum Gasteiger partial charge on any atom is -0.303 e. The van der Waals surface area contributed by atoms with E-state index in [0.717, 1.165) is 30.7 Å². The van der Waals surface area contributed by atoms with Gasteiger partial charge in [0, 0.05) is 38.9 Å². The molecule has 28 heavy (non-hydrogen) atoms. The number of rotatable bonds is 6. The Morgan fingerprint density at radius 2 is 1.75 bits per heavy atom. The normalized spacial score (nSPS) is 16.6. The highest BCUT2D eigenvalue weighted by Gasteiger charge is 2.28. The van der Waals surface area contributed by atoms with Crippen molar-refractivity contribution < 1.29 is 8.42 Å². The van der Waals surface area contributed by atoms with Gasteiger partial charge in [0.05, 0.1) is 16.8 Å². The van der Waals surface area contributed by atoms with Crippen LogP contribution >= 0.6 is 0 Å². The fourth-order valence-corrected chi connectivity index (χ4v) is 5.15. The van der Waals surface area contributed by atoms with E-state index in [9.17, 15) is 8.42 Å². The van der Waals surface area contributed by atoms with Crippen molar-refractivity contribution in [3.8, 4) is 0 Å². The highest BCUT2D eigenvalue weighted by atomic mass is 32.2. The van der Waals surface area contributed by atoms with Crippen LogP contribution < -0.4 is 0 Å². The van der Waals surface area contributed by atoms with Gasteiger partial charge in [0.15, 0.2) is 0 Å². The number of nitrogens with zero attached hydrogens (tertiary/aromatic N) is 4. The molecule has 148 valence electrons. The minimum atomic E-state index is -3.42. The summed E-state index contributed by atoms with van der Waals surface area (Å²) in [4.78, 5) is 7.10. The van der Waals surface area contributed by atoms with Gasteiger partial charge >= 0.3 is 0 Å². The molecule has 0 saturated carbocycles. The SMILES string of the molecule is CCCc1ccc(S(=O)(=O)N2CCN(Cc3cnc4ccccn34)CC2)cc1. The summed E-state index contributed by atoms with van der Waals surface area (Å²) in [5.41, 5.74) is 3.24. The zero-order chi connectivity index (χ0) is 19.6. The molecule has 1 aliphatic rings. The summed E-state index contributed by atoms with van der Waals surface area (Å²) in [5, 5.41) is 0.